The summed E-state index contributed by atoms with van der Waals surface area (Å²) < 4.78 is 0. The van der Waals surface area contributed by atoms with Crippen LogP contribution < -0.4 is 5.32 Å². The van der Waals surface area contributed by atoms with Gasteiger partial charge in [-0.25, -0.2) is 0 Å². The zero-order chi connectivity index (χ0) is 9.97. The first-order valence-corrected chi connectivity index (χ1v) is 5.12. The molecule has 0 fully saturated rings. The first-order chi connectivity index (χ1) is 6.86. The fourth-order valence-corrected chi connectivity index (χ4v) is 2.22. The molecule has 0 spiro atoms. The number of nitriles is 1. The van der Waals surface area contributed by atoms with Crippen molar-refractivity contribution in [1.29, 1.82) is 5.26 Å². The van der Waals surface area contributed by atoms with Gasteiger partial charge in [0.15, 0.2) is 0 Å². The molecule has 0 saturated carbocycles. The smallest absolute Gasteiger partial charge is 0.0994 e. The molecule has 0 bridgehead atoms. The van der Waals surface area contributed by atoms with Crippen molar-refractivity contribution in [2.24, 2.45) is 0 Å². The Balaban J connectivity index is 2.38. The molecular weight excluding hydrogens is 172 g/mol. The molecule has 1 aliphatic rings. The summed E-state index contributed by atoms with van der Waals surface area (Å²) in [4.78, 5) is 0. The standard InChI is InChI=1S/C12H14N2/c1-2-14-12-7-6-10-9(8-13)4-3-5-11(10)12/h3-5,12,14H,2,6-7H2,1H3. The summed E-state index contributed by atoms with van der Waals surface area (Å²) in [5.41, 5.74) is 3.43. The average molecular weight is 186 g/mol. The number of rotatable bonds is 2. The SMILES string of the molecule is CCNC1CCc2c(C#N)cccc21. The first-order valence-electron chi connectivity index (χ1n) is 5.12. The van der Waals surface area contributed by atoms with E-state index in [4.69, 9.17) is 5.26 Å². The van der Waals surface area contributed by atoms with E-state index in [1.54, 1.807) is 0 Å². The third-order valence-electron chi connectivity index (χ3n) is 2.84. The summed E-state index contributed by atoms with van der Waals surface area (Å²) in [5, 5.41) is 12.4. The van der Waals surface area contributed by atoms with Crippen molar-refractivity contribution in [3.8, 4) is 6.07 Å². The predicted molar refractivity (Wildman–Crippen MR) is 55.9 cm³/mol. The maximum atomic E-state index is 8.95. The quantitative estimate of drug-likeness (QED) is 0.768. The molecule has 2 nitrogen and oxygen atoms in total. The fourth-order valence-electron chi connectivity index (χ4n) is 2.22. The van der Waals surface area contributed by atoms with Crippen LogP contribution in [-0.4, -0.2) is 6.54 Å². The van der Waals surface area contributed by atoms with E-state index < -0.39 is 0 Å². The van der Waals surface area contributed by atoms with Gasteiger partial charge in [0.2, 0.25) is 0 Å². The minimum absolute atomic E-state index is 0.461. The van der Waals surface area contributed by atoms with Crippen molar-refractivity contribution in [2.75, 3.05) is 6.54 Å². The number of nitrogens with zero attached hydrogens (tertiary/aromatic N) is 1. The summed E-state index contributed by atoms with van der Waals surface area (Å²) in [6.45, 7) is 3.10. The number of fused-ring (bicyclic) bond motifs is 1. The van der Waals surface area contributed by atoms with Gasteiger partial charge >= 0.3 is 0 Å². The van der Waals surface area contributed by atoms with Gasteiger partial charge < -0.3 is 5.32 Å². The molecule has 1 atom stereocenters. The maximum absolute atomic E-state index is 8.95. The lowest BCUT2D eigenvalue weighted by molar-refractivity contribution is 0.549. The van der Waals surface area contributed by atoms with Crippen LogP contribution in [0.2, 0.25) is 0 Å². The van der Waals surface area contributed by atoms with Crippen LogP contribution in [0.1, 0.15) is 36.1 Å². The Morgan fingerprint density at radius 2 is 2.43 bits per heavy atom. The van der Waals surface area contributed by atoms with E-state index in [0.717, 1.165) is 24.9 Å². The molecular formula is C12H14N2. The molecule has 1 aromatic rings. The van der Waals surface area contributed by atoms with Crippen LogP contribution in [0.5, 0.6) is 0 Å². The summed E-state index contributed by atoms with van der Waals surface area (Å²) in [6, 6.07) is 8.75. The lowest BCUT2D eigenvalue weighted by atomic mass is 10.0. The normalized spacial score (nSPS) is 19.0. The molecule has 2 rings (SSSR count). The molecule has 0 heterocycles. The van der Waals surface area contributed by atoms with Crippen LogP contribution in [0, 0.1) is 11.3 Å². The third-order valence-corrected chi connectivity index (χ3v) is 2.84. The molecule has 1 aliphatic carbocycles. The Morgan fingerprint density at radius 3 is 3.14 bits per heavy atom. The monoisotopic (exact) mass is 186 g/mol. The highest BCUT2D eigenvalue weighted by atomic mass is 14.9. The van der Waals surface area contributed by atoms with Gasteiger partial charge in [0.05, 0.1) is 11.6 Å². The minimum atomic E-state index is 0.461. The zero-order valence-electron chi connectivity index (χ0n) is 8.38. The molecule has 0 saturated heterocycles. The van der Waals surface area contributed by atoms with Gasteiger partial charge in [-0.2, -0.15) is 5.26 Å². The second-order valence-corrected chi connectivity index (χ2v) is 3.63. The Kier molecular flexibility index (Phi) is 2.51. The van der Waals surface area contributed by atoms with E-state index in [1.165, 1.54) is 11.1 Å². The van der Waals surface area contributed by atoms with Gasteiger partial charge in [0, 0.05) is 6.04 Å². The van der Waals surface area contributed by atoms with Gasteiger partial charge in [-0.05, 0) is 36.6 Å². The molecule has 14 heavy (non-hydrogen) atoms. The third kappa shape index (κ3) is 1.40. The second-order valence-electron chi connectivity index (χ2n) is 3.63. The average Bonchev–Trinajstić information content (AvgIpc) is 2.62. The van der Waals surface area contributed by atoms with Crippen molar-refractivity contribution in [1.82, 2.24) is 5.32 Å². The van der Waals surface area contributed by atoms with Crippen LogP contribution in [0.4, 0.5) is 0 Å². The maximum Gasteiger partial charge on any atom is 0.0994 e. The van der Waals surface area contributed by atoms with Gasteiger partial charge in [-0.1, -0.05) is 19.1 Å². The van der Waals surface area contributed by atoms with E-state index in [-0.39, 0.29) is 0 Å². The Hall–Kier alpha value is -1.33. The zero-order valence-corrected chi connectivity index (χ0v) is 8.38. The van der Waals surface area contributed by atoms with Crippen molar-refractivity contribution < 1.29 is 0 Å². The van der Waals surface area contributed by atoms with Gasteiger partial charge in [-0.15, -0.1) is 0 Å². The molecule has 1 aromatic carbocycles. The van der Waals surface area contributed by atoms with Gasteiger partial charge in [0.1, 0.15) is 0 Å². The molecule has 0 aliphatic heterocycles. The first kappa shape index (κ1) is 9.23. The molecule has 0 radical (unpaired) electrons. The summed E-state index contributed by atoms with van der Waals surface area (Å²) >= 11 is 0. The van der Waals surface area contributed by atoms with E-state index in [2.05, 4.69) is 24.4 Å². The minimum Gasteiger partial charge on any atom is -0.310 e. The molecule has 2 heteroatoms. The Morgan fingerprint density at radius 1 is 1.57 bits per heavy atom. The number of hydrogen-bond acceptors (Lipinski definition) is 2. The molecule has 72 valence electrons. The van der Waals surface area contributed by atoms with Crippen LogP contribution in [0.3, 0.4) is 0 Å². The number of benzene rings is 1. The van der Waals surface area contributed by atoms with Gasteiger partial charge in [-0.3, -0.25) is 0 Å². The summed E-state index contributed by atoms with van der Waals surface area (Å²) in [7, 11) is 0. The largest absolute Gasteiger partial charge is 0.310 e. The lowest BCUT2D eigenvalue weighted by Crippen LogP contribution is -2.18. The van der Waals surface area contributed by atoms with Crippen LogP contribution in [0.25, 0.3) is 0 Å². The Labute approximate surface area is 84.6 Å². The fraction of sp³-hybridized carbons (Fsp3) is 0.417. The van der Waals surface area contributed by atoms with Crippen molar-refractivity contribution in [3.63, 3.8) is 0 Å². The summed E-state index contributed by atoms with van der Waals surface area (Å²) in [5.74, 6) is 0. The predicted octanol–water partition coefficient (Wildman–Crippen LogP) is 2.16. The summed E-state index contributed by atoms with van der Waals surface area (Å²) in [6.07, 6.45) is 2.17. The number of hydrogen-bond donors (Lipinski definition) is 1. The van der Waals surface area contributed by atoms with Crippen LogP contribution >= 0.6 is 0 Å². The molecule has 1 N–H and O–H groups in total. The highest BCUT2D eigenvalue weighted by Gasteiger charge is 2.23. The van der Waals surface area contributed by atoms with Crippen LogP contribution in [-0.2, 0) is 6.42 Å². The van der Waals surface area contributed by atoms with E-state index in [0.29, 0.717) is 6.04 Å². The molecule has 0 amide bonds. The highest BCUT2D eigenvalue weighted by molar-refractivity contribution is 5.46. The van der Waals surface area contributed by atoms with Crippen molar-refractivity contribution in [3.05, 3.63) is 34.9 Å². The van der Waals surface area contributed by atoms with Crippen LogP contribution in [0.15, 0.2) is 18.2 Å². The van der Waals surface area contributed by atoms with E-state index >= 15 is 0 Å². The van der Waals surface area contributed by atoms with Gasteiger partial charge in [0.25, 0.3) is 0 Å². The Bertz CT molecular complexity index is 376. The topological polar surface area (TPSA) is 35.8 Å². The lowest BCUT2D eigenvalue weighted by Gasteiger charge is -2.11. The van der Waals surface area contributed by atoms with E-state index in [9.17, 15) is 0 Å². The molecule has 0 aromatic heterocycles. The molecule has 1 unspecified atom stereocenters. The second kappa shape index (κ2) is 3.81. The number of nitrogens with one attached hydrogen (secondary N) is 1. The highest BCUT2D eigenvalue weighted by Crippen LogP contribution is 2.32. The van der Waals surface area contributed by atoms with E-state index in [1.807, 2.05) is 12.1 Å². The van der Waals surface area contributed by atoms with Crippen molar-refractivity contribution in [2.45, 2.75) is 25.8 Å². The van der Waals surface area contributed by atoms with Crippen molar-refractivity contribution >= 4 is 0 Å².